The van der Waals surface area contributed by atoms with Crippen LogP contribution in [0.1, 0.15) is 22.5 Å². The maximum atomic E-state index is 12.7. The van der Waals surface area contributed by atoms with Crippen LogP contribution in [0.15, 0.2) is 53.6 Å². The predicted octanol–water partition coefficient (Wildman–Crippen LogP) is 3.18. The fraction of sp³-hybridized carbons (Fsp3) is 0.227. The van der Waals surface area contributed by atoms with Crippen LogP contribution < -0.4 is 5.56 Å². The number of fused-ring (bicyclic) bond motifs is 2. The molecule has 0 aliphatic carbocycles. The first kappa shape index (κ1) is 16.9. The van der Waals surface area contributed by atoms with Crippen molar-refractivity contribution in [3.8, 4) is 11.4 Å². The van der Waals surface area contributed by atoms with Crippen LogP contribution in [-0.4, -0.2) is 31.4 Å². The highest BCUT2D eigenvalue weighted by Gasteiger charge is 2.23. The first-order valence-electron chi connectivity index (χ1n) is 9.50. The van der Waals surface area contributed by atoms with Gasteiger partial charge < -0.3 is 9.97 Å². The van der Waals surface area contributed by atoms with E-state index in [-0.39, 0.29) is 5.56 Å². The molecule has 0 atom stereocenters. The van der Waals surface area contributed by atoms with Gasteiger partial charge in [-0.15, -0.1) is 0 Å². The molecular formula is C22H21N5O. The monoisotopic (exact) mass is 371 g/mol. The third kappa shape index (κ3) is 2.92. The Morgan fingerprint density at radius 2 is 2.04 bits per heavy atom. The second kappa shape index (κ2) is 6.73. The summed E-state index contributed by atoms with van der Waals surface area (Å²) in [6.07, 6.45) is 4.21. The summed E-state index contributed by atoms with van der Waals surface area (Å²) in [5, 5.41) is 1.25. The number of para-hydroxylation sites is 1. The smallest absolute Gasteiger partial charge is 0.255 e. The third-order valence-corrected chi connectivity index (χ3v) is 5.49. The van der Waals surface area contributed by atoms with E-state index in [1.165, 1.54) is 16.6 Å². The van der Waals surface area contributed by atoms with Crippen LogP contribution in [0.25, 0.3) is 22.3 Å². The minimum absolute atomic E-state index is 0.0517. The number of nitrogens with one attached hydrogen (secondary N) is 2. The summed E-state index contributed by atoms with van der Waals surface area (Å²) >= 11 is 0. The lowest BCUT2D eigenvalue weighted by Crippen LogP contribution is -2.35. The van der Waals surface area contributed by atoms with Crippen molar-refractivity contribution in [2.45, 2.75) is 26.4 Å². The molecule has 4 heterocycles. The van der Waals surface area contributed by atoms with E-state index in [2.05, 4.69) is 45.0 Å². The quantitative estimate of drug-likeness (QED) is 0.580. The second-order valence-electron chi connectivity index (χ2n) is 7.32. The van der Waals surface area contributed by atoms with Gasteiger partial charge >= 0.3 is 0 Å². The normalized spacial score (nSPS) is 14.3. The largest absolute Gasteiger partial charge is 0.358 e. The molecule has 2 N–H and O–H groups in total. The van der Waals surface area contributed by atoms with Crippen molar-refractivity contribution in [3.63, 3.8) is 0 Å². The number of benzene rings is 1. The molecule has 1 aliphatic heterocycles. The van der Waals surface area contributed by atoms with Crippen LogP contribution in [-0.2, 0) is 19.5 Å². The minimum Gasteiger partial charge on any atom is -0.358 e. The molecule has 6 nitrogen and oxygen atoms in total. The number of hydrogen-bond donors (Lipinski definition) is 2. The standard InChI is InChI=1S/C22H21N5O/c1-14-17(16-6-2-3-7-19(16)24-14)12-27-10-8-20-18(13-27)22(28)26-21(25-20)15-5-4-9-23-11-15/h2-7,9,11,24H,8,10,12-13H2,1H3,(H,25,26,28). The van der Waals surface area contributed by atoms with Gasteiger partial charge in [-0.2, -0.15) is 0 Å². The average molecular weight is 371 g/mol. The molecule has 0 radical (unpaired) electrons. The van der Waals surface area contributed by atoms with Gasteiger partial charge in [-0.05, 0) is 30.7 Å². The van der Waals surface area contributed by atoms with E-state index in [0.29, 0.717) is 12.4 Å². The Labute approximate surface area is 162 Å². The first-order chi connectivity index (χ1) is 13.7. The SMILES string of the molecule is Cc1[nH]c2ccccc2c1CN1CCc2nc(-c3cccnc3)[nH]c(=O)c2C1. The highest BCUT2D eigenvalue weighted by atomic mass is 16.1. The van der Waals surface area contributed by atoms with Gasteiger partial charge in [0, 0.05) is 60.6 Å². The van der Waals surface area contributed by atoms with Crippen LogP contribution in [0, 0.1) is 6.92 Å². The maximum Gasteiger partial charge on any atom is 0.255 e. The fourth-order valence-electron chi connectivity index (χ4n) is 4.02. The van der Waals surface area contributed by atoms with E-state index in [1.807, 2.05) is 18.2 Å². The summed E-state index contributed by atoms with van der Waals surface area (Å²) in [5.41, 5.74) is 6.10. The summed E-state index contributed by atoms with van der Waals surface area (Å²) in [5.74, 6) is 0.595. The van der Waals surface area contributed by atoms with Gasteiger partial charge in [0.2, 0.25) is 0 Å². The van der Waals surface area contributed by atoms with Gasteiger partial charge in [0.05, 0.1) is 11.3 Å². The number of pyridine rings is 1. The lowest BCUT2D eigenvalue weighted by Gasteiger charge is -2.27. The van der Waals surface area contributed by atoms with E-state index in [1.54, 1.807) is 12.4 Å². The van der Waals surface area contributed by atoms with E-state index in [9.17, 15) is 4.79 Å². The Bertz CT molecular complexity index is 1210. The van der Waals surface area contributed by atoms with Gasteiger partial charge in [-0.1, -0.05) is 18.2 Å². The lowest BCUT2D eigenvalue weighted by molar-refractivity contribution is 0.242. The summed E-state index contributed by atoms with van der Waals surface area (Å²) < 4.78 is 0. The molecule has 0 bridgehead atoms. The molecule has 0 amide bonds. The Morgan fingerprint density at radius 1 is 1.14 bits per heavy atom. The molecule has 3 aromatic heterocycles. The van der Waals surface area contributed by atoms with Crippen molar-refractivity contribution >= 4 is 10.9 Å². The predicted molar refractivity (Wildman–Crippen MR) is 109 cm³/mol. The summed E-state index contributed by atoms with van der Waals surface area (Å²) in [6, 6.07) is 12.1. The Morgan fingerprint density at radius 3 is 2.89 bits per heavy atom. The van der Waals surface area contributed by atoms with Crippen molar-refractivity contribution in [3.05, 3.63) is 81.7 Å². The van der Waals surface area contributed by atoms with Gasteiger partial charge in [0.25, 0.3) is 5.56 Å². The van der Waals surface area contributed by atoms with Crippen molar-refractivity contribution in [1.29, 1.82) is 0 Å². The van der Waals surface area contributed by atoms with Crippen LogP contribution >= 0.6 is 0 Å². The van der Waals surface area contributed by atoms with Crippen molar-refractivity contribution < 1.29 is 0 Å². The highest BCUT2D eigenvalue weighted by molar-refractivity contribution is 5.84. The zero-order valence-electron chi connectivity index (χ0n) is 15.7. The number of hydrogen-bond acceptors (Lipinski definition) is 4. The van der Waals surface area contributed by atoms with Crippen LogP contribution in [0.4, 0.5) is 0 Å². The van der Waals surface area contributed by atoms with E-state index < -0.39 is 0 Å². The van der Waals surface area contributed by atoms with Gasteiger partial charge in [-0.3, -0.25) is 14.7 Å². The number of aromatic amines is 2. The number of aryl methyl sites for hydroxylation is 1. The van der Waals surface area contributed by atoms with Gasteiger partial charge in [-0.25, -0.2) is 4.98 Å². The van der Waals surface area contributed by atoms with Gasteiger partial charge in [0.15, 0.2) is 0 Å². The number of H-pyrrole nitrogens is 2. The fourth-order valence-corrected chi connectivity index (χ4v) is 4.02. The molecule has 1 aromatic carbocycles. The number of nitrogens with zero attached hydrogens (tertiary/aromatic N) is 3. The van der Waals surface area contributed by atoms with Crippen LogP contribution in [0.5, 0.6) is 0 Å². The molecule has 0 fully saturated rings. The molecule has 6 heteroatoms. The van der Waals surface area contributed by atoms with Crippen molar-refractivity contribution in [1.82, 2.24) is 24.8 Å². The summed E-state index contributed by atoms with van der Waals surface area (Å²) in [6.45, 7) is 4.43. The summed E-state index contributed by atoms with van der Waals surface area (Å²) in [4.78, 5) is 30.3. The summed E-state index contributed by atoms with van der Waals surface area (Å²) in [7, 11) is 0. The molecule has 0 saturated heterocycles. The third-order valence-electron chi connectivity index (χ3n) is 5.49. The Kier molecular flexibility index (Phi) is 4.06. The molecule has 4 aromatic rings. The van der Waals surface area contributed by atoms with Crippen molar-refractivity contribution in [2.75, 3.05) is 6.54 Å². The van der Waals surface area contributed by atoms with E-state index in [0.717, 1.165) is 41.8 Å². The van der Waals surface area contributed by atoms with Crippen molar-refractivity contribution in [2.24, 2.45) is 0 Å². The molecule has 0 saturated carbocycles. The van der Waals surface area contributed by atoms with Crippen LogP contribution in [0.2, 0.25) is 0 Å². The lowest BCUT2D eigenvalue weighted by atomic mass is 10.0. The highest BCUT2D eigenvalue weighted by Crippen LogP contribution is 2.25. The molecule has 0 spiro atoms. The topological polar surface area (TPSA) is 77.7 Å². The van der Waals surface area contributed by atoms with E-state index >= 15 is 0 Å². The molecule has 28 heavy (non-hydrogen) atoms. The maximum absolute atomic E-state index is 12.7. The molecule has 0 unspecified atom stereocenters. The number of aromatic nitrogens is 4. The second-order valence-corrected chi connectivity index (χ2v) is 7.32. The van der Waals surface area contributed by atoms with Gasteiger partial charge in [0.1, 0.15) is 5.82 Å². The molecular weight excluding hydrogens is 350 g/mol. The zero-order chi connectivity index (χ0) is 19.1. The van der Waals surface area contributed by atoms with Crippen LogP contribution in [0.3, 0.4) is 0 Å². The Hall–Kier alpha value is -3.25. The average Bonchev–Trinajstić information content (AvgIpc) is 3.04. The molecule has 1 aliphatic rings. The van der Waals surface area contributed by atoms with E-state index in [4.69, 9.17) is 4.98 Å². The Balaban J connectivity index is 1.44. The first-order valence-corrected chi connectivity index (χ1v) is 9.50. The minimum atomic E-state index is -0.0517. The molecule has 5 rings (SSSR count). The molecule has 140 valence electrons. The number of rotatable bonds is 3. The zero-order valence-corrected chi connectivity index (χ0v) is 15.7.